The van der Waals surface area contributed by atoms with Crippen LogP contribution in [0.1, 0.15) is 5.56 Å². The fourth-order valence-electron chi connectivity index (χ4n) is 1.82. The molecule has 0 radical (unpaired) electrons. The zero-order valence-corrected chi connectivity index (χ0v) is 8.72. The summed E-state index contributed by atoms with van der Waals surface area (Å²) in [4.78, 5) is 4.18. The number of rotatable bonds is 1. The number of hydrogen-bond donors (Lipinski definition) is 1. The molecule has 0 aliphatic carbocycles. The Hall–Kier alpha value is -2.07. The minimum Gasteiger partial charge on any atom is -0.412 e. The van der Waals surface area contributed by atoms with E-state index in [0.717, 1.165) is 12.4 Å². The first-order valence-electron chi connectivity index (χ1n) is 4.95. The van der Waals surface area contributed by atoms with Gasteiger partial charge in [0.15, 0.2) is 0 Å². The van der Waals surface area contributed by atoms with Crippen molar-refractivity contribution in [1.82, 2.24) is 4.57 Å². The predicted octanol–water partition coefficient (Wildman–Crippen LogP) is 1.61. The van der Waals surface area contributed by atoms with E-state index >= 15 is 0 Å². The molecule has 1 aliphatic heterocycles. The molecule has 0 bridgehead atoms. The first-order valence-corrected chi connectivity index (χ1v) is 4.95. The van der Waals surface area contributed by atoms with Crippen LogP contribution in [-0.2, 0) is 6.54 Å². The summed E-state index contributed by atoms with van der Waals surface area (Å²) in [5.74, 6) is 1.12. The van der Waals surface area contributed by atoms with E-state index in [1.807, 2.05) is 18.2 Å². The summed E-state index contributed by atoms with van der Waals surface area (Å²) in [6, 6.07) is 12.4. The third kappa shape index (κ3) is 1.59. The van der Waals surface area contributed by atoms with Crippen molar-refractivity contribution in [2.75, 3.05) is 5.32 Å². The summed E-state index contributed by atoms with van der Waals surface area (Å²) in [7, 11) is 0. The Balaban J connectivity index is 0.000000963. The van der Waals surface area contributed by atoms with Crippen LogP contribution in [0.3, 0.4) is 0 Å². The molecule has 4 nitrogen and oxygen atoms in total. The van der Waals surface area contributed by atoms with Gasteiger partial charge in [0.2, 0.25) is 0 Å². The van der Waals surface area contributed by atoms with E-state index in [9.17, 15) is 0 Å². The highest BCUT2D eigenvalue weighted by atomic mass is 16.0. The molecular weight excluding hydrogens is 202 g/mol. The quantitative estimate of drug-likeness (QED) is 0.771. The molecular formula is C12H13N3O. The smallest absolute Gasteiger partial charge is 0.120 e. The maximum absolute atomic E-state index is 4.18. The molecule has 0 unspecified atom stereocenters. The van der Waals surface area contributed by atoms with Gasteiger partial charge in [-0.3, -0.25) is 4.99 Å². The second kappa shape index (κ2) is 4.20. The molecule has 0 fully saturated rings. The van der Waals surface area contributed by atoms with Gasteiger partial charge in [-0.15, -0.1) is 0 Å². The number of para-hydroxylation sites is 1. The molecule has 0 amide bonds. The number of nitrogens with zero attached hydrogens (tertiary/aromatic N) is 2. The molecule has 4 heteroatoms. The van der Waals surface area contributed by atoms with Crippen LogP contribution in [0.25, 0.3) is 5.69 Å². The molecule has 2 heterocycles. The highest BCUT2D eigenvalue weighted by molar-refractivity contribution is 5.79. The number of anilines is 1. The third-order valence-corrected chi connectivity index (χ3v) is 2.56. The number of benzene rings is 1. The van der Waals surface area contributed by atoms with Crippen LogP contribution in [0.4, 0.5) is 5.82 Å². The van der Waals surface area contributed by atoms with Gasteiger partial charge in [0.25, 0.3) is 0 Å². The molecule has 1 aliphatic rings. The van der Waals surface area contributed by atoms with E-state index in [1.165, 1.54) is 11.3 Å². The molecule has 0 spiro atoms. The molecule has 0 atom stereocenters. The van der Waals surface area contributed by atoms with Crippen molar-refractivity contribution in [2.24, 2.45) is 4.99 Å². The first kappa shape index (κ1) is 10.4. The molecule has 3 N–H and O–H groups in total. The fraction of sp³-hybridized carbons (Fsp3) is 0.0833. The van der Waals surface area contributed by atoms with Crippen molar-refractivity contribution < 1.29 is 5.48 Å². The Labute approximate surface area is 93.6 Å². The molecule has 1 aromatic heterocycles. The highest BCUT2D eigenvalue weighted by Crippen LogP contribution is 2.24. The van der Waals surface area contributed by atoms with Crippen molar-refractivity contribution in [3.05, 3.63) is 48.2 Å². The molecule has 3 rings (SSSR count). The summed E-state index contributed by atoms with van der Waals surface area (Å²) in [5.41, 5.74) is 2.41. The van der Waals surface area contributed by atoms with Crippen LogP contribution < -0.4 is 5.32 Å². The van der Waals surface area contributed by atoms with Gasteiger partial charge in [-0.25, -0.2) is 0 Å². The van der Waals surface area contributed by atoms with Crippen LogP contribution in [0, 0.1) is 0 Å². The van der Waals surface area contributed by atoms with Crippen LogP contribution in [0.15, 0.2) is 47.6 Å². The topological polar surface area (TPSA) is 60.8 Å². The van der Waals surface area contributed by atoms with E-state index in [1.54, 1.807) is 6.34 Å². The van der Waals surface area contributed by atoms with E-state index in [2.05, 4.69) is 39.3 Å². The lowest BCUT2D eigenvalue weighted by Gasteiger charge is -2.12. The molecule has 0 saturated heterocycles. The van der Waals surface area contributed by atoms with Gasteiger partial charge < -0.3 is 15.4 Å². The van der Waals surface area contributed by atoms with Crippen molar-refractivity contribution in [3.8, 4) is 5.69 Å². The maximum Gasteiger partial charge on any atom is 0.120 e. The summed E-state index contributed by atoms with van der Waals surface area (Å²) in [5, 5.41) is 3.18. The SMILES string of the molecule is C1=NCc2ccn(-c3ccccc3)c2N1.O. The number of aliphatic imine (C=N–C) groups is 1. The Morgan fingerprint density at radius 1 is 1.12 bits per heavy atom. The second-order valence-electron chi connectivity index (χ2n) is 3.51. The van der Waals surface area contributed by atoms with E-state index in [-0.39, 0.29) is 5.48 Å². The van der Waals surface area contributed by atoms with E-state index in [4.69, 9.17) is 0 Å². The largest absolute Gasteiger partial charge is 0.412 e. The second-order valence-corrected chi connectivity index (χ2v) is 3.51. The summed E-state index contributed by atoms with van der Waals surface area (Å²) in [6.07, 6.45) is 3.82. The summed E-state index contributed by atoms with van der Waals surface area (Å²) in [6.45, 7) is 0.766. The highest BCUT2D eigenvalue weighted by Gasteiger charge is 2.11. The van der Waals surface area contributed by atoms with Crippen molar-refractivity contribution in [3.63, 3.8) is 0 Å². The number of aromatic nitrogens is 1. The van der Waals surface area contributed by atoms with Gasteiger partial charge in [0.05, 0.1) is 12.9 Å². The number of fused-ring (bicyclic) bond motifs is 1. The summed E-state index contributed by atoms with van der Waals surface area (Å²) < 4.78 is 2.14. The maximum atomic E-state index is 4.18. The van der Waals surface area contributed by atoms with Crippen LogP contribution in [0.2, 0.25) is 0 Å². The molecule has 0 saturated carbocycles. The van der Waals surface area contributed by atoms with Gasteiger partial charge in [-0.05, 0) is 18.2 Å². The van der Waals surface area contributed by atoms with Crippen LogP contribution >= 0.6 is 0 Å². The standard InChI is InChI=1S/C12H11N3.H2O/c1-2-4-11(5-3-1)15-7-6-10-8-13-9-14-12(10)15;/h1-7,9H,8H2,(H,13,14);1H2. The van der Waals surface area contributed by atoms with Crippen LogP contribution in [-0.4, -0.2) is 16.4 Å². The minimum absolute atomic E-state index is 0. The van der Waals surface area contributed by atoms with E-state index in [0.29, 0.717) is 0 Å². The average molecular weight is 215 g/mol. The van der Waals surface area contributed by atoms with E-state index < -0.39 is 0 Å². The fourth-order valence-corrected chi connectivity index (χ4v) is 1.82. The molecule has 2 aromatic rings. The lowest BCUT2D eigenvalue weighted by Crippen LogP contribution is -2.08. The Morgan fingerprint density at radius 3 is 2.75 bits per heavy atom. The molecule has 82 valence electrons. The Bertz CT molecular complexity index is 502. The third-order valence-electron chi connectivity index (χ3n) is 2.56. The normalized spacial score (nSPS) is 12.5. The lowest BCUT2D eigenvalue weighted by atomic mass is 10.3. The van der Waals surface area contributed by atoms with Gasteiger partial charge in [-0.1, -0.05) is 18.2 Å². The van der Waals surface area contributed by atoms with Crippen molar-refractivity contribution in [1.29, 1.82) is 0 Å². The van der Waals surface area contributed by atoms with Gasteiger partial charge in [0.1, 0.15) is 5.82 Å². The first-order chi connectivity index (χ1) is 7.45. The number of nitrogens with one attached hydrogen (secondary N) is 1. The molecule has 1 aromatic carbocycles. The minimum atomic E-state index is 0. The zero-order chi connectivity index (χ0) is 10.1. The van der Waals surface area contributed by atoms with Crippen LogP contribution in [0.5, 0.6) is 0 Å². The van der Waals surface area contributed by atoms with Gasteiger partial charge in [-0.2, -0.15) is 0 Å². The zero-order valence-electron chi connectivity index (χ0n) is 8.72. The summed E-state index contributed by atoms with van der Waals surface area (Å²) >= 11 is 0. The van der Waals surface area contributed by atoms with Gasteiger partial charge in [0, 0.05) is 17.4 Å². The predicted molar refractivity (Wildman–Crippen MR) is 65.2 cm³/mol. The van der Waals surface area contributed by atoms with Crippen molar-refractivity contribution >= 4 is 12.2 Å². The average Bonchev–Trinajstić information content (AvgIpc) is 2.74. The number of hydrogen-bond acceptors (Lipinski definition) is 2. The molecule has 16 heavy (non-hydrogen) atoms. The van der Waals surface area contributed by atoms with Crippen molar-refractivity contribution in [2.45, 2.75) is 6.54 Å². The van der Waals surface area contributed by atoms with Gasteiger partial charge >= 0.3 is 0 Å². The Kier molecular flexibility index (Phi) is 2.74. The Morgan fingerprint density at radius 2 is 1.94 bits per heavy atom. The monoisotopic (exact) mass is 215 g/mol. The lowest BCUT2D eigenvalue weighted by molar-refractivity contribution is 0.824.